The molecule has 0 spiro atoms. The van der Waals surface area contributed by atoms with E-state index in [1.165, 1.54) is 5.56 Å². The largest absolute Gasteiger partial charge is 0.494 e. The van der Waals surface area contributed by atoms with Gasteiger partial charge < -0.3 is 15.0 Å². The Hall–Kier alpha value is -2.24. The molecule has 5 nitrogen and oxygen atoms in total. The van der Waals surface area contributed by atoms with Crippen molar-refractivity contribution in [3.63, 3.8) is 0 Å². The Morgan fingerprint density at radius 2 is 1.87 bits per heavy atom. The summed E-state index contributed by atoms with van der Waals surface area (Å²) in [4.78, 5) is 16.8. The van der Waals surface area contributed by atoms with Crippen LogP contribution in [-0.4, -0.2) is 50.1 Å². The molecule has 2 fully saturated rings. The van der Waals surface area contributed by atoms with Crippen molar-refractivity contribution in [2.45, 2.75) is 25.2 Å². The molecule has 5 rings (SSSR count). The number of hydrogen-bond donors (Lipinski definition) is 1. The Bertz CT molecular complexity index is 926. The van der Waals surface area contributed by atoms with Crippen LogP contribution in [0.2, 0.25) is 5.02 Å². The maximum absolute atomic E-state index is 11.9. The minimum Gasteiger partial charge on any atom is -0.494 e. The first-order chi connectivity index (χ1) is 14.7. The van der Waals surface area contributed by atoms with Crippen molar-refractivity contribution >= 4 is 28.9 Å². The van der Waals surface area contributed by atoms with Crippen LogP contribution >= 0.6 is 11.6 Å². The molecule has 1 aliphatic carbocycles. The lowest BCUT2D eigenvalue weighted by molar-refractivity contribution is -0.117. The highest BCUT2D eigenvalue weighted by atomic mass is 35.5. The van der Waals surface area contributed by atoms with E-state index in [1.54, 1.807) is 0 Å². The van der Waals surface area contributed by atoms with Crippen LogP contribution in [0.5, 0.6) is 5.75 Å². The van der Waals surface area contributed by atoms with E-state index in [1.807, 2.05) is 30.3 Å². The molecule has 2 aromatic carbocycles. The van der Waals surface area contributed by atoms with Gasteiger partial charge in [-0.25, -0.2) is 0 Å². The number of unbranched alkanes of at least 4 members (excludes halogenated alkanes) is 1. The molecule has 2 aromatic rings. The van der Waals surface area contributed by atoms with Gasteiger partial charge in [0.25, 0.3) is 0 Å². The van der Waals surface area contributed by atoms with E-state index in [2.05, 4.69) is 27.2 Å². The van der Waals surface area contributed by atoms with Crippen molar-refractivity contribution in [2.24, 2.45) is 5.92 Å². The first-order valence-electron chi connectivity index (χ1n) is 11.0. The van der Waals surface area contributed by atoms with Crippen LogP contribution in [0.1, 0.15) is 30.7 Å². The number of piperazine rings is 1. The van der Waals surface area contributed by atoms with Crippen LogP contribution in [0.15, 0.2) is 42.5 Å². The summed E-state index contributed by atoms with van der Waals surface area (Å²) in [6.07, 6.45) is 3.14. The van der Waals surface area contributed by atoms with Crippen LogP contribution in [0.4, 0.5) is 11.4 Å². The summed E-state index contributed by atoms with van der Waals surface area (Å²) in [5, 5.41) is 3.85. The minimum atomic E-state index is 0.166. The summed E-state index contributed by atoms with van der Waals surface area (Å²) in [6, 6.07) is 14.2. The Kier molecular flexibility index (Phi) is 5.57. The third-order valence-electron chi connectivity index (χ3n) is 6.51. The number of anilines is 2. The third-order valence-corrected chi connectivity index (χ3v) is 6.83. The number of amides is 1. The van der Waals surface area contributed by atoms with Crippen molar-refractivity contribution in [1.82, 2.24) is 4.90 Å². The molecular formula is C24H28ClN3O2. The molecule has 0 aromatic heterocycles. The van der Waals surface area contributed by atoms with Gasteiger partial charge in [-0.3, -0.25) is 9.69 Å². The predicted octanol–water partition coefficient (Wildman–Crippen LogP) is 4.38. The molecule has 3 aliphatic rings. The summed E-state index contributed by atoms with van der Waals surface area (Å²) in [5.74, 6) is 1.65. The number of para-hydroxylation sites is 1. The summed E-state index contributed by atoms with van der Waals surface area (Å²) in [5.41, 5.74) is 3.35. The van der Waals surface area contributed by atoms with E-state index >= 15 is 0 Å². The third kappa shape index (κ3) is 4.14. The molecule has 0 radical (unpaired) electrons. The van der Waals surface area contributed by atoms with Crippen molar-refractivity contribution in [2.75, 3.05) is 49.5 Å². The fourth-order valence-corrected chi connectivity index (χ4v) is 4.91. The van der Waals surface area contributed by atoms with E-state index in [-0.39, 0.29) is 11.8 Å². The van der Waals surface area contributed by atoms with Crippen LogP contribution in [0, 0.1) is 5.92 Å². The molecule has 2 unspecified atom stereocenters. The number of carbonyl (C=O) groups is 1. The quantitative estimate of drug-likeness (QED) is 0.669. The van der Waals surface area contributed by atoms with Gasteiger partial charge in [-0.05, 0) is 55.5 Å². The monoisotopic (exact) mass is 425 g/mol. The SMILES string of the molecule is O=C1Nc2cc(OCCCCN3CCN(c4ccccc4Cl)CC3)ccc2C2CC12. The Labute approximate surface area is 182 Å². The predicted molar refractivity (Wildman–Crippen MR) is 121 cm³/mol. The highest BCUT2D eigenvalue weighted by Crippen LogP contribution is 2.53. The van der Waals surface area contributed by atoms with Crippen molar-refractivity contribution < 1.29 is 9.53 Å². The number of halogens is 1. The number of rotatable bonds is 7. The topological polar surface area (TPSA) is 44.8 Å². The highest BCUT2D eigenvalue weighted by molar-refractivity contribution is 6.33. The number of nitrogens with one attached hydrogen (secondary N) is 1. The fraction of sp³-hybridized carbons (Fsp3) is 0.458. The van der Waals surface area contributed by atoms with Gasteiger partial charge in [0.05, 0.1) is 17.3 Å². The van der Waals surface area contributed by atoms with Gasteiger partial charge in [-0.15, -0.1) is 0 Å². The molecule has 2 atom stereocenters. The number of hydrogen-bond acceptors (Lipinski definition) is 4. The number of ether oxygens (including phenoxy) is 1. The highest BCUT2D eigenvalue weighted by Gasteiger charge is 2.48. The van der Waals surface area contributed by atoms with Crippen LogP contribution in [0.25, 0.3) is 0 Å². The van der Waals surface area contributed by atoms with Crippen LogP contribution in [-0.2, 0) is 4.79 Å². The number of nitrogens with zero attached hydrogens (tertiary/aromatic N) is 2. The van der Waals surface area contributed by atoms with Gasteiger partial charge in [-0.1, -0.05) is 29.8 Å². The molecule has 1 amide bonds. The van der Waals surface area contributed by atoms with Gasteiger partial charge in [0.2, 0.25) is 5.91 Å². The second-order valence-corrected chi connectivity index (χ2v) is 8.93. The lowest BCUT2D eigenvalue weighted by Gasteiger charge is -2.36. The van der Waals surface area contributed by atoms with Crippen molar-refractivity contribution in [1.29, 1.82) is 0 Å². The molecule has 1 N–H and O–H groups in total. The molecule has 158 valence electrons. The van der Waals surface area contributed by atoms with Crippen LogP contribution < -0.4 is 15.0 Å². The normalized spacial score (nSPS) is 22.8. The van der Waals surface area contributed by atoms with E-state index in [0.717, 1.165) is 74.1 Å². The molecule has 30 heavy (non-hydrogen) atoms. The Morgan fingerprint density at radius 1 is 1.03 bits per heavy atom. The molecule has 1 saturated carbocycles. The maximum atomic E-state index is 11.9. The standard InChI is InChI=1S/C24H28ClN3O2/c25-21-5-1-2-6-23(21)28-12-10-27(11-13-28)9-3-4-14-30-17-7-8-18-19-16-20(19)24(29)26-22(18)15-17/h1-2,5-8,15,19-20H,3-4,9-14,16H2,(H,26,29). The van der Waals surface area contributed by atoms with Gasteiger partial charge in [-0.2, -0.15) is 0 Å². The zero-order valence-corrected chi connectivity index (χ0v) is 17.9. The molecule has 2 heterocycles. The lowest BCUT2D eigenvalue weighted by atomic mass is 10.0. The molecular weight excluding hydrogens is 398 g/mol. The summed E-state index contributed by atoms with van der Waals surface area (Å²) in [7, 11) is 0. The van der Waals surface area contributed by atoms with E-state index < -0.39 is 0 Å². The first-order valence-corrected chi connectivity index (χ1v) is 11.4. The maximum Gasteiger partial charge on any atom is 0.228 e. The smallest absolute Gasteiger partial charge is 0.228 e. The van der Waals surface area contributed by atoms with Crippen molar-refractivity contribution in [3.05, 3.63) is 53.1 Å². The first kappa shape index (κ1) is 19.7. The second kappa shape index (κ2) is 8.48. The average Bonchev–Trinajstić information content (AvgIpc) is 3.56. The summed E-state index contributed by atoms with van der Waals surface area (Å²) in [6.45, 7) is 5.98. The zero-order chi connectivity index (χ0) is 20.5. The lowest BCUT2D eigenvalue weighted by Crippen LogP contribution is -2.46. The number of benzene rings is 2. The van der Waals surface area contributed by atoms with E-state index in [9.17, 15) is 4.79 Å². The van der Waals surface area contributed by atoms with Gasteiger partial charge in [0, 0.05) is 43.9 Å². The number of fused-ring (bicyclic) bond motifs is 3. The summed E-state index contributed by atoms with van der Waals surface area (Å²) < 4.78 is 5.94. The van der Waals surface area contributed by atoms with Gasteiger partial charge >= 0.3 is 0 Å². The van der Waals surface area contributed by atoms with Gasteiger partial charge in [0.15, 0.2) is 0 Å². The Morgan fingerprint density at radius 3 is 2.70 bits per heavy atom. The number of carbonyl (C=O) groups excluding carboxylic acids is 1. The molecule has 6 heteroatoms. The second-order valence-electron chi connectivity index (χ2n) is 8.52. The van der Waals surface area contributed by atoms with Crippen LogP contribution in [0.3, 0.4) is 0 Å². The fourth-order valence-electron chi connectivity index (χ4n) is 4.66. The molecule has 0 bridgehead atoms. The molecule has 2 aliphatic heterocycles. The Balaban J connectivity index is 1.02. The average molecular weight is 426 g/mol. The van der Waals surface area contributed by atoms with Gasteiger partial charge in [0.1, 0.15) is 5.75 Å². The van der Waals surface area contributed by atoms with E-state index in [0.29, 0.717) is 12.5 Å². The minimum absolute atomic E-state index is 0.166. The summed E-state index contributed by atoms with van der Waals surface area (Å²) >= 11 is 6.33. The zero-order valence-electron chi connectivity index (χ0n) is 17.1. The molecule has 1 saturated heterocycles. The van der Waals surface area contributed by atoms with E-state index in [4.69, 9.17) is 16.3 Å². The van der Waals surface area contributed by atoms with Crippen molar-refractivity contribution in [3.8, 4) is 5.75 Å².